The number of hydrogen-bond acceptors (Lipinski definition) is 2. The van der Waals surface area contributed by atoms with Gasteiger partial charge in [-0.2, -0.15) is 5.26 Å². The van der Waals surface area contributed by atoms with Crippen LogP contribution >= 0.6 is 11.3 Å². The van der Waals surface area contributed by atoms with E-state index in [0.717, 1.165) is 25.7 Å². The molecule has 0 spiro atoms. The van der Waals surface area contributed by atoms with E-state index >= 15 is 0 Å². The molecule has 2 aromatic rings. The lowest BCUT2D eigenvalue weighted by Crippen LogP contribution is -2.21. The van der Waals surface area contributed by atoms with Gasteiger partial charge in [0.25, 0.3) is 0 Å². The molecular formula is C17H17NS. The summed E-state index contributed by atoms with van der Waals surface area (Å²) < 4.78 is 0. The van der Waals surface area contributed by atoms with Crippen molar-refractivity contribution in [1.82, 2.24) is 0 Å². The molecule has 1 aliphatic carbocycles. The summed E-state index contributed by atoms with van der Waals surface area (Å²) in [5, 5.41) is 9.67. The van der Waals surface area contributed by atoms with Gasteiger partial charge in [-0.1, -0.05) is 31.2 Å². The molecule has 0 amide bonds. The van der Waals surface area contributed by atoms with Crippen molar-refractivity contribution in [3.63, 3.8) is 0 Å². The molecule has 3 rings (SSSR count). The third-order valence-electron chi connectivity index (χ3n) is 3.99. The number of thiophene rings is 1. The molecule has 0 radical (unpaired) electrons. The molecule has 0 aliphatic heterocycles. The highest BCUT2D eigenvalue weighted by Gasteiger charge is 2.37. The molecule has 0 fully saturated rings. The Hall–Kier alpha value is -1.59. The Kier molecular flexibility index (Phi) is 3.16. The number of nitrogens with zero attached hydrogens (tertiary/aromatic N) is 1. The average molecular weight is 267 g/mol. The van der Waals surface area contributed by atoms with Gasteiger partial charge in [0.05, 0.1) is 11.5 Å². The number of hydrogen-bond donors (Lipinski definition) is 0. The van der Waals surface area contributed by atoms with E-state index in [1.54, 1.807) is 0 Å². The van der Waals surface area contributed by atoms with Gasteiger partial charge < -0.3 is 0 Å². The molecule has 0 bridgehead atoms. The molecule has 19 heavy (non-hydrogen) atoms. The van der Waals surface area contributed by atoms with E-state index in [9.17, 15) is 5.26 Å². The Bertz CT molecular complexity index is 608. The smallest absolute Gasteiger partial charge is 0.0702 e. The minimum Gasteiger partial charge on any atom is -0.198 e. The third kappa shape index (κ3) is 2.31. The monoisotopic (exact) mass is 267 g/mol. The van der Waals surface area contributed by atoms with Crippen LogP contribution in [0.15, 0.2) is 36.4 Å². The van der Waals surface area contributed by atoms with Crippen LogP contribution in [0.2, 0.25) is 0 Å². The van der Waals surface area contributed by atoms with Crippen molar-refractivity contribution in [2.24, 2.45) is 5.41 Å². The predicted octanol–water partition coefficient (Wildman–Crippen LogP) is 4.16. The van der Waals surface area contributed by atoms with E-state index in [-0.39, 0.29) is 5.41 Å². The molecule has 0 N–H and O–H groups in total. The summed E-state index contributed by atoms with van der Waals surface area (Å²) in [5.41, 5.74) is 2.49. The molecule has 1 heterocycles. The number of nitriles is 1. The van der Waals surface area contributed by atoms with Crippen LogP contribution in [0.1, 0.15) is 27.8 Å². The van der Waals surface area contributed by atoms with Gasteiger partial charge in [0.2, 0.25) is 0 Å². The molecule has 0 atom stereocenters. The van der Waals surface area contributed by atoms with E-state index in [4.69, 9.17) is 0 Å². The Labute approximate surface area is 118 Å². The molecule has 1 nitrogen and oxygen atoms in total. The fraction of sp³-hybridized carbons (Fsp3) is 0.353. The van der Waals surface area contributed by atoms with Crippen LogP contribution in [0.3, 0.4) is 0 Å². The van der Waals surface area contributed by atoms with Crippen LogP contribution in [-0.4, -0.2) is 0 Å². The lowest BCUT2D eigenvalue weighted by Gasteiger charge is -2.19. The number of fused-ring (bicyclic) bond motifs is 1. The summed E-state index contributed by atoms with van der Waals surface area (Å²) in [6, 6.07) is 15.5. The number of rotatable bonds is 3. The van der Waals surface area contributed by atoms with Gasteiger partial charge in [0.1, 0.15) is 0 Å². The van der Waals surface area contributed by atoms with E-state index in [1.165, 1.54) is 20.9 Å². The Morgan fingerprint density at radius 2 is 1.74 bits per heavy atom. The normalized spacial score (nSPS) is 16.0. The second kappa shape index (κ2) is 4.83. The zero-order chi connectivity index (χ0) is 13.3. The van der Waals surface area contributed by atoms with Gasteiger partial charge in [-0.15, -0.1) is 11.3 Å². The van der Waals surface area contributed by atoms with Crippen LogP contribution in [-0.2, 0) is 25.7 Å². The molecule has 2 heteroatoms. The van der Waals surface area contributed by atoms with Crippen LogP contribution < -0.4 is 0 Å². The predicted molar refractivity (Wildman–Crippen MR) is 79.3 cm³/mol. The zero-order valence-electron chi connectivity index (χ0n) is 11.1. The zero-order valence-corrected chi connectivity index (χ0v) is 12.0. The van der Waals surface area contributed by atoms with Crippen LogP contribution in [0.25, 0.3) is 0 Å². The highest BCUT2D eigenvalue weighted by molar-refractivity contribution is 7.12. The van der Waals surface area contributed by atoms with Gasteiger partial charge in [-0.25, -0.2) is 0 Å². The fourth-order valence-corrected chi connectivity index (χ4v) is 4.08. The van der Waals surface area contributed by atoms with Crippen molar-refractivity contribution in [1.29, 1.82) is 5.26 Å². The maximum atomic E-state index is 9.67. The largest absolute Gasteiger partial charge is 0.198 e. The first-order valence-electron chi connectivity index (χ1n) is 6.80. The van der Waals surface area contributed by atoms with Crippen molar-refractivity contribution in [2.45, 2.75) is 32.6 Å². The van der Waals surface area contributed by atoms with Crippen molar-refractivity contribution < 1.29 is 0 Å². The summed E-state index contributed by atoms with van der Waals surface area (Å²) in [7, 11) is 0. The van der Waals surface area contributed by atoms with E-state index in [0.29, 0.717) is 0 Å². The van der Waals surface area contributed by atoms with Gasteiger partial charge in [-0.3, -0.25) is 0 Å². The molecule has 0 saturated heterocycles. The maximum absolute atomic E-state index is 9.67. The Balaban J connectivity index is 1.85. The Morgan fingerprint density at radius 3 is 2.26 bits per heavy atom. The van der Waals surface area contributed by atoms with Crippen molar-refractivity contribution in [3.8, 4) is 6.07 Å². The summed E-state index contributed by atoms with van der Waals surface area (Å²) in [6.07, 6.45) is 3.78. The first-order chi connectivity index (χ1) is 9.24. The molecule has 1 aromatic heterocycles. The van der Waals surface area contributed by atoms with Crippen LogP contribution in [0.5, 0.6) is 0 Å². The second-order valence-corrected chi connectivity index (χ2v) is 6.67. The van der Waals surface area contributed by atoms with Crippen molar-refractivity contribution in [2.75, 3.05) is 0 Å². The molecule has 1 aliphatic rings. The quantitative estimate of drug-likeness (QED) is 0.819. The topological polar surface area (TPSA) is 23.8 Å². The van der Waals surface area contributed by atoms with Gasteiger partial charge in [-0.05, 0) is 42.5 Å². The van der Waals surface area contributed by atoms with E-state index in [1.807, 2.05) is 11.3 Å². The third-order valence-corrected chi connectivity index (χ3v) is 5.22. The van der Waals surface area contributed by atoms with Gasteiger partial charge >= 0.3 is 0 Å². The van der Waals surface area contributed by atoms with Gasteiger partial charge in [0.15, 0.2) is 0 Å². The van der Waals surface area contributed by atoms with Gasteiger partial charge in [0, 0.05) is 16.2 Å². The van der Waals surface area contributed by atoms with Crippen LogP contribution in [0.4, 0.5) is 0 Å². The summed E-state index contributed by atoms with van der Waals surface area (Å²) >= 11 is 1.86. The molecular weight excluding hydrogens is 250 g/mol. The van der Waals surface area contributed by atoms with Crippen LogP contribution in [0, 0.1) is 16.7 Å². The van der Waals surface area contributed by atoms with Crippen molar-refractivity contribution >= 4 is 11.3 Å². The minimum atomic E-state index is -0.223. The first-order valence-corrected chi connectivity index (χ1v) is 7.62. The molecule has 96 valence electrons. The molecule has 0 unspecified atom stereocenters. The molecule has 0 saturated carbocycles. The summed E-state index contributed by atoms with van der Waals surface area (Å²) in [5.74, 6) is 0. The standard InChI is InChI=1S/C17H17NS/c1-2-15-7-8-16(19-15)11-17(12-18)9-13-5-3-4-6-14(13)10-17/h3-8H,2,9-11H2,1H3. The summed E-state index contributed by atoms with van der Waals surface area (Å²) in [6.45, 7) is 2.18. The average Bonchev–Trinajstić information content (AvgIpc) is 3.02. The molecule has 1 aromatic carbocycles. The highest BCUT2D eigenvalue weighted by Crippen LogP contribution is 2.40. The SMILES string of the molecule is CCc1ccc(CC2(C#N)Cc3ccccc3C2)s1. The maximum Gasteiger partial charge on any atom is 0.0702 e. The van der Waals surface area contributed by atoms with Crippen molar-refractivity contribution in [3.05, 3.63) is 57.3 Å². The lowest BCUT2D eigenvalue weighted by molar-refractivity contribution is 0.421. The highest BCUT2D eigenvalue weighted by atomic mass is 32.1. The van der Waals surface area contributed by atoms with E-state index < -0.39 is 0 Å². The second-order valence-electron chi connectivity index (χ2n) is 5.41. The number of benzene rings is 1. The fourth-order valence-electron chi connectivity index (χ4n) is 2.98. The first kappa shape index (κ1) is 12.4. The summed E-state index contributed by atoms with van der Waals surface area (Å²) in [4.78, 5) is 2.77. The Morgan fingerprint density at radius 1 is 1.11 bits per heavy atom. The van der Waals surface area contributed by atoms with E-state index in [2.05, 4.69) is 49.4 Å². The number of aryl methyl sites for hydroxylation is 1. The lowest BCUT2D eigenvalue weighted by atomic mass is 9.82. The minimum absolute atomic E-state index is 0.223.